The number of hydrogen-bond donors (Lipinski definition) is 1. The van der Waals surface area contributed by atoms with Crippen LogP contribution < -0.4 is 0 Å². The van der Waals surface area contributed by atoms with E-state index in [4.69, 9.17) is 13.7 Å². The van der Waals surface area contributed by atoms with E-state index >= 15 is 0 Å². The summed E-state index contributed by atoms with van der Waals surface area (Å²) in [6.07, 6.45) is 4.37. The third-order valence-corrected chi connectivity index (χ3v) is 9.60. The molecule has 0 bridgehead atoms. The molecule has 3 fully saturated rings. The number of carbonyl (C=O) groups is 2. The fourth-order valence-electron chi connectivity index (χ4n) is 7.12. The zero-order valence-corrected chi connectivity index (χ0v) is 21.9. The average molecular weight is 501 g/mol. The van der Waals surface area contributed by atoms with E-state index in [9.17, 15) is 23.1 Å². The Morgan fingerprint density at radius 1 is 1.06 bits per heavy atom. The molecule has 3 saturated carbocycles. The summed E-state index contributed by atoms with van der Waals surface area (Å²) in [6, 6.07) is 0. The lowest BCUT2D eigenvalue weighted by Gasteiger charge is -2.56. The minimum Gasteiger partial charge on any atom is -0.466 e. The molecule has 8 atom stereocenters. The molecular weight excluding hydrogens is 460 g/mol. The molecule has 0 amide bonds. The van der Waals surface area contributed by atoms with Crippen molar-refractivity contribution in [3.63, 3.8) is 0 Å². The molecule has 3 rings (SSSR count). The summed E-state index contributed by atoms with van der Waals surface area (Å²) in [5.41, 5.74) is 0.316. The van der Waals surface area contributed by atoms with Crippen molar-refractivity contribution >= 4 is 22.1 Å². The van der Waals surface area contributed by atoms with Crippen LogP contribution in [-0.2, 0) is 33.4 Å². The number of carbonyl (C=O) groups excluding carboxylic acids is 2. The molecule has 3 aliphatic rings. The van der Waals surface area contributed by atoms with Crippen LogP contribution in [0.5, 0.6) is 0 Å². The topological polar surface area (TPSA) is 116 Å². The minimum atomic E-state index is -3.65. The Labute approximate surface area is 203 Å². The van der Waals surface area contributed by atoms with Gasteiger partial charge in [0.1, 0.15) is 6.10 Å². The number of esters is 2. The zero-order chi connectivity index (χ0) is 25.5. The SMILES string of the molecule is C=C1[C@@H](OC(C)=O)C[C@H]2[C@H](COS(C)(=O)=O)[C@@H]([C@@]3(C)CC[C@H](O)C[C@@H]3COC(C)=O)CC[C@]12C. The first-order valence-electron chi connectivity index (χ1n) is 12.2. The summed E-state index contributed by atoms with van der Waals surface area (Å²) in [4.78, 5) is 23.3. The number of fused-ring (bicyclic) bond motifs is 1. The van der Waals surface area contributed by atoms with Gasteiger partial charge in [0.05, 0.1) is 25.6 Å². The van der Waals surface area contributed by atoms with Gasteiger partial charge in [-0.1, -0.05) is 20.4 Å². The van der Waals surface area contributed by atoms with Crippen molar-refractivity contribution in [2.24, 2.45) is 34.5 Å². The number of aliphatic hydroxyl groups excluding tert-OH is 1. The van der Waals surface area contributed by atoms with Crippen LogP contribution in [0.3, 0.4) is 0 Å². The Morgan fingerprint density at radius 2 is 1.74 bits per heavy atom. The second-order valence-electron chi connectivity index (χ2n) is 11.1. The predicted octanol–water partition coefficient (Wildman–Crippen LogP) is 3.23. The Bertz CT molecular complexity index is 914. The van der Waals surface area contributed by atoms with Crippen molar-refractivity contribution in [2.45, 2.75) is 78.4 Å². The highest BCUT2D eigenvalue weighted by Gasteiger charge is 2.59. The van der Waals surface area contributed by atoms with Gasteiger partial charge in [-0.3, -0.25) is 13.8 Å². The van der Waals surface area contributed by atoms with Crippen LogP contribution in [0.4, 0.5) is 0 Å². The molecule has 34 heavy (non-hydrogen) atoms. The van der Waals surface area contributed by atoms with Crippen LogP contribution >= 0.6 is 0 Å². The molecule has 0 aromatic heterocycles. The van der Waals surface area contributed by atoms with E-state index in [0.717, 1.165) is 31.1 Å². The summed E-state index contributed by atoms with van der Waals surface area (Å²) in [7, 11) is -3.65. The first kappa shape index (κ1) is 27.1. The van der Waals surface area contributed by atoms with E-state index < -0.39 is 22.3 Å². The Hall–Kier alpha value is -1.45. The van der Waals surface area contributed by atoms with Crippen molar-refractivity contribution in [3.8, 4) is 0 Å². The van der Waals surface area contributed by atoms with E-state index in [1.54, 1.807) is 0 Å². The number of rotatable bonds is 7. The Balaban J connectivity index is 1.97. The molecular formula is C25H40O8S. The van der Waals surface area contributed by atoms with Crippen LogP contribution in [0.2, 0.25) is 0 Å². The zero-order valence-electron chi connectivity index (χ0n) is 21.0. The maximum Gasteiger partial charge on any atom is 0.303 e. The van der Waals surface area contributed by atoms with Gasteiger partial charge in [0.25, 0.3) is 10.1 Å². The van der Waals surface area contributed by atoms with Crippen molar-refractivity contribution in [2.75, 3.05) is 19.5 Å². The molecule has 0 spiro atoms. The summed E-state index contributed by atoms with van der Waals surface area (Å²) < 4.78 is 40.3. The molecule has 0 unspecified atom stereocenters. The summed E-state index contributed by atoms with van der Waals surface area (Å²) in [5, 5.41) is 10.4. The molecule has 0 aromatic carbocycles. The molecule has 3 aliphatic carbocycles. The molecule has 9 heteroatoms. The van der Waals surface area contributed by atoms with Gasteiger partial charge in [-0.15, -0.1) is 0 Å². The number of hydrogen-bond acceptors (Lipinski definition) is 8. The fourth-order valence-corrected chi connectivity index (χ4v) is 7.52. The van der Waals surface area contributed by atoms with Gasteiger partial charge in [0.2, 0.25) is 0 Å². The van der Waals surface area contributed by atoms with Crippen LogP contribution in [-0.4, -0.2) is 57.1 Å². The largest absolute Gasteiger partial charge is 0.466 e. The lowest BCUT2D eigenvalue weighted by Crippen LogP contribution is -2.52. The second-order valence-corrected chi connectivity index (χ2v) is 12.8. The van der Waals surface area contributed by atoms with Crippen molar-refractivity contribution in [3.05, 3.63) is 12.2 Å². The molecule has 0 heterocycles. The molecule has 1 N–H and O–H groups in total. The average Bonchev–Trinajstić information content (AvgIpc) is 2.96. The van der Waals surface area contributed by atoms with Gasteiger partial charge < -0.3 is 14.6 Å². The maximum atomic E-state index is 12.0. The minimum absolute atomic E-state index is 0.0305. The Morgan fingerprint density at radius 3 is 2.32 bits per heavy atom. The van der Waals surface area contributed by atoms with Gasteiger partial charge in [0, 0.05) is 19.8 Å². The normalized spacial score (nSPS) is 40.5. The van der Waals surface area contributed by atoms with E-state index in [1.165, 1.54) is 13.8 Å². The van der Waals surface area contributed by atoms with Crippen LogP contribution in [0.15, 0.2) is 12.2 Å². The smallest absolute Gasteiger partial charge is 0.303 e. The standard InChI is InChI=1S/C25H40O8S/c1-15-23(33-17(3)27)12-22-20(14-32-34(6,29)30)21(8-10-24(15,22)4)25(5)9-7-19(28)11-18(25)13-31-16(2)26/h18-23,28H,1,7-14H2,2-6H3/t18-,19+,20-,21+,22+,23+,24-,25+/m1/s1. The monoisotopic (exact) mass is 500 g/mol. The molecule has 0 saturated heterocycles. The molecule has 8 nitrogen and oxygen atoms in total. The highest BCUT2D eigenvalue weighted by atomic mass is 32.2. The van der Waals surface area contributed by atoms with E-state index in [0.29, 0.717) is 19.3 Å². The number of ether oxygens (including phenoxy) is 2. The second kappa shape index (κ2) is 9.90. The highest BCUT2D eigenvalue weighted by molar-refractivity contribution is 7.85. The fraction of sp³-hybridized carbons (Fsp3) is 0.840. The lowest BCUT2D eigenvalue weighted by molar-refractivity contribution is -0.151. The van der Waals surface area contributed by atoms with E-state index in [2.05, 4.69) is 20.4 Å². The maximum absolute atomic E-state index is 12.0. The lowest BCUT2D eigenvalue weighted by atomic mass is 9.49. The first-order chi connectivity index (χ1) is 15.7. The van der Waals surface area contributed by atoms with Gasteiger partial charge in [-0.25, -0.2) is 0 Å². The van der Waals surface area contributed by atoms with Gasteiger partial charge in [-0.05, 0) is 72.7 Å². The summed E-state index contributed by atoms with van der Waals surface area (Å²) in [6.45, 7) is 11.6. The third kappa shape index (κ3) is 5.51. The molecule has 0 aliphatic heterocycles. The predicted molar refractivity (Wildman–Crippen MR) is 126 cm³/mol. The van der Waals surface area contributed by atoms with E-state index in [-0.39, 0.29) is 59.7 Å². The van der Waals surface area contributed by atoms with Gasteiger partial charge in [0.15, 0.2) is 0 Å². The third-order valence-electron chi connectivity index (χ3n) is 9.04. The van der Waals surface area contributed by atoms with Crippen molar-refractivity contribution < 1.29 is 36.8 Å². The van der Waals surface area contributed by atoms with E-state index in [1.807, 2.05) is 0 Å². The molecule has 0 aromatic rings. The van der Waals surface area contributed by atoms with Crippen molar-refractivity contribution in [1.29, 1.82) is 0 Å². The number of aliphatic hydroxyl groups is 1. The van der Waals surface area contributed by atoms with Crippen molar-refractivity contribution in [1.82, 2.24) is 0 Å². The molecule has 194 valence electrons. The van der Waals surface area contributed by atoms with Gasteiger partial charge >= 0.3 is 11.9 Å². The summed E-state index contributed by atoms with van der Waals surface area (Å²) in [5.74, 6) is -0.766. The van der Waals surface area contributed by atoms with Crippen LogP contribution in [0.25, 0.3) is 0 Å². The van der Waals surface area contributed by atoms with Gasteiger partial charge in [-0.2, -0.15) is 8.42 Å². The first-order valence-corrected chi connectivity index (χ1v) is 14.0. The van der Waals surface area contributed by atoms with Crippen LogP contribution in [0, 0.1) is 34.5 Å². The summed E-state index contributed by atoms with van der Waals surface area (Å²) >= 11 is 0. The highest BCUT2D eigenvalue weighted by Crippen LogP contribution is 2.64. The molecule has 0 radical (unpaired) electrons. The quantitative estimate of drug-likeness (QED) is 0.322. The Kier molecular flexibility index (Phi) is 7.90. The van der Waals surface area contributed by atoms with Crippen LogP contribution in [0.1, 0.15) is 66.2 Å².